The molecule has 3 nitrogen and oxygen atoms in total. The molecule has 0 saturated heterocycles. The van der Waals surface area contributed by atoms with Gasteiger partial charge in [-0.3, -0.25) is 9.97 Å². The van der Waals surface area contributed by atoms with E-state index in [4.69, 9.17) is 4.98 Å². The highest BCUT2D eigenvalue weighted by Gasteiger charge is 2.53. The number of pyridine rings is 2. The molecule has 5 aromatic rings. The van der Waals surface area contributed by atoms with Gasteiger partial charge in [-0.2, -0.15) is 5.26 Å². The van der Waals surface area contributed by atoms with Crippen LogP contribution in [0.3, 0.4) is 0 Å². The van der Waals surface area contributed by atoms with Crippen LogP contribution in [0, 0.1) is 11.3 Å². The molecule has 3 aromatic carbocycles. The molecule has 0 amide bonds. The summed E-state index contributed by atoms with van der Waals surface area (Å²) in [5.41, 5.74) is 13.4. The van der Waals surface area contributed by atoms with E-state index in [2.05, 4.69) is 106 Å². The average Bonchev–Trinajstić information content (AvgIpc) is 3.09. The first-order valence-corrected chi connectivity index (χ1v) is 17.2. The molecular weight excluding hydrogens is 558 g/mol. The minimum absolute atomic E-state index is 0.0834. The van der Waals surface area contributed by atoms with Crippen molar-refractivity contribution < 1.29 is 0 Å². The molecule has 2 fully saturated rings. The number of hydrogen-bond donors (Lipinski definition) is 0. The van der Waals surface area contributed by atoms with Crippen LogP contribution in [0.2, 0.25) is 0 Å². The second-order valence-electron chi connectivity index (χ2n) is 16.1. The van der Waals surface area contributed by atoms with Crippen molar-refractivity contribution in [1.82, 2.24) is 9.97 Å². The summed E-state index contributed by atoms with van der Waals surface area (Å²) in [5, 5.41) is 11.7. The van der Waals surface area contributed by atoms with Gasteiger partial charge in [0.15, 0.2) is 0 Å². The van der Waals surface area contributed by atoms with E-state index < -0.39 is 0 Å². The van der Waals surface area contributed by atoms with Gasteiger partial charge in [0, 0.05) is 28.9 Å². The van der Waals surface area contributed by atoms with Crippen molar-refractivity contribution in [1.29, 1.82) is 5.26 Å². The molecule has 4 bridgehead atoms. The van der Waals surface area contributed by atoms with E-state index in [0.717, 1.165) is 23.4 Å². The minimum atomic E-state index is 0.0834. The van der Waals surface area contributed by atoms with Crippen LogP contribution in [-0.4, -0.2) is 9.97 Å². The van der Waals surface area contributed by atoms with Crippen LogP contribution in [0.4, 0.5) is 0 Å². The van der Waals surface area contributed by atoms with Crippen molar-refractivity contribution in [3.05, 3.63) is 119 Å². The molecule has 0 radical (unpaired) electrons. The predicted molar refractivity (Wildman–Crippen MR) is 186 cm³/mol. The average molecular weight is 600 g/mol. The van der Waals surface area contributed by atoms with Crippen LogP contribution in [-0.2, 0) is 21.7 Å². The standard InChI is InChI=1S/C43H41N3/c1-40-13-15-41(2,16-14-40)35-21-31(8-10-33(35)40)39-22-28-6-7-29(19-32(28)26-46-39)37-23-42(3)17-18-43(37,4)34-11-9-30(20-36(34)42)38-12-5-27(24-44)25-45-38/h5-12,19-22,25-26,37H,13-18,23H2,1-4H3. The van der Waals surface area contributed by atoms with Gasteiger partial charge in [0.25, 0.3) is 0 Å². The van der Waals surface area contributed by atoms with Crippen molar-refractivity contribution >= 4 is 10.8 Å². The van der Waals surface area contributed by atoms with E-state index in [0.29, 0.717) is 22.3 Å². The molecule has 6 aliphatic rings. The number of benzene rings is 3. The number of aromatic nitrogens is 2. The van der Waals surface area contributed by atoms with E-state index in [1.807, 2.05) is 12.1 Å². The van der Waals surface area contributed by atoms with Crippen LogP contribution in [0.5, 0.6) is 0 Å². The van der Waals surface area contributed by atoms with Crippen LogP contribution < -0.4 is 0 Å². The van der Waals surface area contributed by atoms with Gasteiger partial charge in [0.05, 0.1) is 17.0 Å². The number of rotatable bonds is 3. The number of nitrogens with zero attached hydrogens (tertiary/aromatic N) is 3. The van der Waals surface area contributed by atoms with Gasteiger partial charge in [-0.15, -0.1) is 0 Å². The van der Waals surface area contributed by atoms with Crippen LogP contribution in [0.25, 0.3) is 33.3 Å². The quantitative estimate of drug-likeness (QED) is 0.207. The van der Waals surface area contributed by atoms with Gasteiger partial charge in [-0.25, -0.2) is 0 Å². The van der Waals surface area contributed by atoms with Gasteiger partial charge in [-0.05, 0) is 142 Å². The van der Waals surface area contributed by atoms with Gasteiger partial charge in [0.2, 0.25) is 0 Å². The summed E-state index contributed by atoms with van der Waals surface area (Å²) in [6.45, 7) is 9.91. The van der Waals surface area contributed by atoms with E-state index in [1.165, 1.54) is 71.6 Å². The van der Waals surface area contributed by atoms with Gasteiger partial charge in [-0.1, -0.05) is 64.1 Å². The highest BCUT2D eigenvalue weighted by Crippen LogP contribution is 2.62. The Balaban J connectivity index is 1.05. The van der Waals surface area contributed by atoms with Gasteiger partial charge >= 0.3 is 0 Å². The highest BCUT2D eigenvalue weighted by molar-refractivity contribution is 5.86. The fraction of sp³-hybridized carbons (Fsp3) is 0.372. The molecule has 0 aliphatic heterocycles. The molecule has 2 aromatic heterocycles. The maximum absolute atomic E-state index is 9.20. The Morgan fingerprint density at radius 3 is 1.96 bits per heavy atom. The summed E-state index contributed by atoms with van der Waals surface area (Å²) in [6.07, 6.45) is 12.6. The molecule has 0 N–H and O–H groups in total. The highest BCUT2D eigenvalue weighted by atomic mass is 14.7. The van der Waals surface area contributed by atoms with Gasteiger partial charge in [0.1, 0.15) is 6.07 Å². The second-order valence-corrected chi connectivity index (χ2v) is 16.1. The van der Waals surface area contributed by atoms with Crippen LogP contribution >= 0.6 is 0 Å². The maximum Gasteiger partial charge on any atom is 0.101 e. The van der Waals surface area contributed by atoms with Crippen LogP contribution in [0.1, 0.15) is 112 Å². The van der Waals surface area contributed by atoms with E-state index in [-0.39, 0.29) is 10.8 Å². The van der Waals surface area contributed by atoms with Gasteiger partial charge < -0.3 is 0 Å². The third kappa shape index (κ3) is 3.89. The normalized spacial score (nSPS) is 30.5. The summed E-state index contributed by atoms with van der Waals surface area (Å²) in [4.78, 5) is 9.65. The molecule has 228 valence electrons. The molecule has 3 unspecified atom stereocenters. The lowest BCUT2D eigenvalue weighted by molar-refractivity contribution is 0.154. The Hall–Kier alpha value is -4.29. The van der Waals surface area contributed by atoms with E-state index >= 15 is 0 Å². The zero-order valence-corrected chi connectivity index (χ0v) is 27.5. The molecule has 3 heteroatoms. The Labute approximate surface area is 272 Å². The Morgan fingerprint density at radius 2 is 1.24 bits per heavy atom. The topological polar surface area (TPSA) is 49.6 Å². The minimum Gasteiger partial charge on any atom is -0.256 e. The second kappa shape index (κ2) is 9.38. The van der Waals surface area contributed by atoms with E-state index in [9.17, 15) is 5.26 Å². The Bertz CT molecular complexity index is 2110. The lowest BCUT2D eigenvalue weighted by atomic mass is 9.47. The Morgan fingerprint density at radius 1 is 0.587 bits per heavy atom. The van der Waals surface area contributed by atoms with Crippen molar-refractivity contribution in [3.8, 4) is 28.6 Å². The molecule has 2 saturated carbocycles. The largest absolute Gasteiger partial charge is 0.256 e. The maximum atomic E-state index is 9.20. The SMILES string of the molecule is CC12CCC(C)(CC1)c1cc(-c3cc4ccc(C5CC6(C)CCC5(C)c5ccc(-c7ccc(C#N)cn7)cc56)cc4cn3)ccc12. The molecule has 0 spiro atoms. The summed E-state index contributed by atoms with van der Waals surface area (Å²) < 4.78 is 0. The fourth-order valence-electron chi connectivity index (χ4n) is 10.0. The summed E-state index contributed by atoms with van der Waals surface area (Å²) in [6, 6.07) is 29.7. The zero-order chi connectivity index (χ0) is 31.5. The molecule has 46 heavy (non-hydrogen) atoms. The zero-order valence-electron chi connectivity index (χ0n) is 27.5. The smallest absolute Gasteiger partial charge is 0.101 e. The molecule has 3 atom stereocenters. The molecule has 2 heterocycles. The lowest BCUT2D eigenvalue weighted by Crippen LogP contribution is -2.49. The third-order valence-corrected chi connectivity index (χ3v) is 13.3. The van der Waals surface area contributed by atoms with Crippen molar-refractivity contribution in [2.24, 2.45) is 0 Å². The number of fused-ring (bicyclic) bond motifs is 5. The summed E-state index contributed by atoms with van der Waals surface area (Å²) in [5.74, 6) is 0.458. The molecule has 11 rings (SSSR count). The first-order chi connectivity index (χ1) is 22.1. The monoisotopic (exact) mass is 599 g/mol. The number of hydrogen-bond acceptors (Lipinski definition) is 3. The lowest BCUT2D eigenvalue weighted by Gasteiger charge is -2.57. The van der Waals surface area contributed by atoms with Crippen molar-refractivity contribution in [2.45, 2.75) is 100 Å². The molecular formula is C43H41N3. The third-order valence-electron chi connectivity index (χ3n) is 13.3. The fourth-order valence-corrected chi connectivity index (χ4v) is 10.0. The Kier molecular flexibility index (Phi) is 5.71. The first kappa shape index (κ1) is 28.0. The predicted octanol–water partition coefficient (Wildman–Crippen LogP) is 10.4. The van der Waals surface area contributed by atoms with Crippen molar-refractivity contribution in [3.63, 3.8) is 0 Å². The summed E-state index contributed by atoms with van der Waals surface area (Å²) in [7, 11) is 0. The summed E-state index contributed by atoms with van der Waals surface area (Å²) >= 11 is 0. The van der Waals surface area contributed by atoms with E-state index in [1.54, 1.807) is 17.3 Å². The number of nitriles is 1. The van der Waals surface area contributed by atoms with Crippen LogP contribution in [0.15, 0.2) is 85.2 Å². The van der Waals surface area contributed by atoms with Crippen molar-refractivity contribution in [2.75, 3.05) is 0 Å². The first-order valence-electron chi connectivity index (χ1n) is 17.2. The molecule has 6 aliphatic carbocycles.